The van der Waals surface area contributed by atoms with Crippen LogP contribution in [0.15, 0.2) is 58.4 Å². The summed E-state index contributed by atoms with van der Waals surface area (Å²) in [4.78, 5) is 18.7. The lowest BCUT2D eigenvalue weighted by Gasteiger charge is -2.06. The quantitative estimate of drug-likeness (QED) is 0.556. The number of aromatic amines is 1. The predicted octanol–water partition coefficient (Wildman–Crippen LogP) is 3.71. The molecule has 5 nitrogen and oxygen atoms in total. The third kappa shape index (κ3) is 3.68. The number of benzene rings is 2. The van der Waals surface area contributed by atoms with Crippen molar-refractivity contribution in [3.63, 3.8) is 0 Å². The van der Waals surface area contributed by atoms with Crippen molar-refractivity contribution in [2.24, 2.45) is 5.10 Å². The van der Waals surface area contributed by atoms with Gasteiger partial charge in [-0.2, -0.15) is 5.10 Å². The van der Waals surface area contributed by atoms with Crippen molar-refractivity contribution in [2.75, 3.05) is 5.43 Å². The molecule has 24 heavy (non-hydrogen) atoms. The first kappa shape index (κ1) is 15.9. The van der Waals surface area contributed by atoms with Crippen LogP contribution in [0.4, 0.5) is 5.95 Å². The minimum absolute atomic E-state index is 0.172. The van der Waals surface area contributed by atoms with Crippen molar-refractivity contribution in [3.8, 4) is 0 Å². The van der Waals surface area contributed by atoms with Crippen LogP contribution >= 0.6 is 0 Å². The van der Waals surface area contributed by atoms with Gasteiger partial charge in [0.15, 0.2) is 0 Å². The number of hydrogen-bond acceptors (Lipinski definition) is 4. The van der Waals surface area contributed by atoms with Gasteiger partial charge in [0.05, 0.1) is 5.71 Å². The Hall–Kier alpha value is -2.95. The lowest BCUT2D eigenvalue weighted by atomic mass is 10.0. The largest absolute Gasteiger partial charge is 0.291 e. The molecule has 0 aliphatic carbocycles. The van der Waals surface area contributed by atoms with E-state index in [4.69, 9.17) is 0 Å². The van der Waals surface area contributed by atoms with E-state index in [2.05, 4.69) is 51.7 Å². The Bertz CT molecular complexity index is 943. The number of nitrogens with zero attached hydrogens (tertiary/aromatic N) is 2. The molecule has 3 rings (SSSR count). The number of nitrogens with one attached hydrogen (secondary N) is 2. The second-order valence-electron chi connectivity index (χ2n) is 5.71. The Kier molecular flexibility index (Phi) is 4.70. The average Bonchev–Trinajstić information content (AvgIpc) is 2.59. The van der Waals surface area contributed by atoms with Gasteiger partial charge in [-0.3, -0.25) is 9.78 Å². The summed E-state index contributed by atoms with van der Waals surface area (Å²) in [6, 6.07) is 15.9. The first-order valence-electron chi connectivity index (χ1n) is 8.05. The fraction of sp³-hybridized carbons (Fsp3) is 0.211. The van der Waals surface area contributed by atoms with E-state index in [0.717, 1.165) is 29.8 Å². The summed E-state index contributed by atoms with van der Waals surface area (Å²) in [6.07, 6.45) is 1.71. The highest BCUT2D eigenvalue weighted by Gasteiger charge is 2.02. The smallest absolute Gasteiger partial charge is 0.252 e. The summed E-state index contributed by atoms with van der Waals surface area (Å²) in [5.74, 6) is 0.367. The first-order valence-corrected chi connectivity index (χ1v) is 8.05. The number of aryl methyl sites for hydroxylation is 1. The first-order chi connectivity index (χ1) is 11.7. The minimum Gasteiger partial charge on any atom is -0.291 e. The van der Waals surface area contributed by atoms with Crippen molar-refractivity contribution in [3.05, 3.63) is 70.1 Å². The molecule has 2 N–H and O–H groups in total. The zero-order valence-corrected chi connectivity index (χ0v) is 13.8. The van der Waals surface area contributed by atoms with E-state index in [-0.39, 0.29) is 5.56 Å². The van der Waals surface area contributed by atoms with Crippen molar-refractivity contribution < 1.29 is 0 Å². The topological polar surface area (TPSA) is 70.1 Å². The van der Waals surface area contributed by atoms with Gasteiger partial charge >= 0.3 is 0 Å². The van der Waals surface area contributed by atoms with Gasteiger partial charge in [0.25, 0.3) is 5.56 Å². The molecule has 122 valence electrons. The van der Waals surface area contributed by atoms with E-state index in [1.54, 1.807) is 0 Å². The lowest BCUT2D eigenvalue weighted by Crippen LogP contribution is -2.12. The summed E-state index contributed by atoms with van der Waals surface area (Å²) in [7, 11) is 0. The Balaban J connectivity index is 1.83. The summed E-state index contributed by atoms with van der Waals surface area (Å²) in [6.45, 7) is 3.98. The third-order valence-electron chi connectivity index (χ3n) is 3.80. The van der Waals surface area contributed by atoms with Crippen LogP contribution in [-0.4, -0.2) is 15.7 Å². The van der Waals surface area contributed by atoms with Gasteiger partial charge in [0, 0.05) is 11.8 Å². The van der Waals surface area contributed by atoms with Gasteiger partial charge in [0.2, 0.25) is 5.95 Å². The Labute approximate surface area is 140 Å². The number of hydrazone groups is 1. The number of H-pyrrole nitrogens is 1. The van der Waals surface area contributed by atoms with Crippen LogP contribution in [0.2, 0.25) is 0 Å². The van der Waals surface area contributed by atoms with Crippen LogP contribution in [0.5, 0.6) is 0 Å². The van der Waals surface area contributed by atoms with Gasteiger partial charge in [0.1, 0.15) is 0 Å². The van der Waals surface area contributed by atoms with Gasteiger partial charge in [-0.25, -0.2) is 10.4 Å². The molecule has 0 unspecified atom stereocenters. The Morgan fingerprint density at radius 3 is 2.75 bits per heavy atom. The number of rotatable bonds is 5. The maximum Gasteiger partial charge on any atom is 0.252 e. The highest BCUT2D eigenvalue weighted by molar-refractivity contribution is 6.02. The molecule has 0 aliphatic heterocycles. The molecule has 0 bridgehead atoms. The molecule has 0 amide bonds. The second-order valence-corrected chi connectivity index (χ2v) is 5.71. The zero-order chi connectivity index (χ0) is 16.9. The highest BCUT2D eigenvalue weighted by atomic mass is 16.1. The lowest BCUT2D eigenvalue weighted by molar-refractivity contribution is 0.867. The van der Waals surface area contributed by atoms with Crippen molar-refractivity contribution in [2.45, 2.75) is 26.7 Å². The molecule has 5 heteroatoms. The van der Waals surface area contributed by atoms with Crippen molar-refractivity contribution in [1.82, 2.24) is 9.97 Å². The van der Waals surface area contributed by atoms with Crippen LogP contribution in [-0.2, 0) is 6.42 Å². The molecule has 1 heterocycles. The SMILES string of the molecule is CCCc1cc(=O)[nH]c(NN=C(C)c2ccc3ccccc3c2)n1. The van der Waals surface area contributed by atoms with Gasteiger partial charge in [-0.05, 0) is 35.7 Å². The maximum absolute atomic E-state index is 11.7. The molecule has 3 aromatic rings. The molecule has 0 spiro atoms. The summed E-state index contributed by atoms with van der Waals surface area (Å²) in [5.41, 5.74) is 5.29. The highest BCUT2D eigenvalue weighted by Crippen LogP contribution is 2.16. The standard InChI is InChI=1S/C19H20N4O/c1-3-6-17-12-18(24)21-19(20-17)23-22-13(2)15-10-9-14-7-4-5-8-16(14)11-15/h4-5,7-12H,3,6H2,1-2H3,(H2,20,21,23,24). The molecular weight excluding hydrogens is 300 g/mol. The molecule has 0 saturated carbocycles. The molecule has 2 aromatic carbocycles. The van der Waals surface area contributed by atoms with E-state index >= 15 is 0 Å². The summed E-state index contributed by atoms with van der Waals surface area (Å²) < 4.78 is 0. The van der Waals surface area contributed by atoms with Gasteiger partial charge in [-0.15, -0.1) is 0 Å². The van der Waals surface area contributed by atoms with E-state index in [9.17, 15) is 4.79 Å². The third-order valence-corrected chi connectivity index (χ3v) is 3.80. The van der Waals surface area contributed by atoms with E-state index in [1.807, 2.05) is 25.1 Å². The molecule has 0 fully saturated rings. The maximum atomic E-state index is 11.7. The van der Waals surface area contributed by atoms with Crippen LogP contribution in [0, 0.1) is 0 Å². The fourth-order valence-electron chi connectivity index (χ4n) is 2.56. The molecule has 0 saturated heterocycles. The zero-order valence-electron chi connectivity index (χ0n) is 13.8. The normalized spacial score (nSPS) is 11.7. The monoisotopic (exact) mass is 320 g/mol. The summed E-state index contributed by atoms with van der Waals surface area (Å²) in [5, 5.41) is 6.71. The van der Waals surface area contributed by atoms with E-state index < -0.39 is 0 Å². The minimum atomic E-state index is -0.172. The average molecular weight is 320 g/mol. The molecule has 0 radical (unpaired) electrons. The van der Waals surface area contributed by atoms with Crippen LogP contribution < -0.4 is 11.0 Å². The van der Waals surface area contributed by atoms with E-state index in [0.29, 0.717) is 5.95 Å². The van der Waals surface area contributed by atoms with Crippen LogP contribution in [0.1, 0.15) is 31.5 Å². The second kappa shape index (κ2) is 7.08. The van der Waals surface area contributed by atoms with E-state index in [1.165, 1.54) is 16.8 Å². The summed E-state index contributed by atoms with van der Waals surface area (Å²) >= 11 is 0. The number of anilines is 1. The number of aromatic nitrogens is 2. The fourth-order valence-corrected chi connectivity index (χ4v) is 2.56. The molecule has 0 atom stereocenters. The predicted molar refractivity (Wildman–Crippen MR) is 98.6 cm³/mol. The Morgan fingerprint density at radius 1 is 1.17 bits per heavy atom. The Morgan fingerprint density at radius 2 is 1.96 bits per heavy atom. The molecular formula is C19H20N4O. The van der Waals surface area contributed by atoms with Crippen LogP contribution in [0.3, 0.4) is 0 Å². The molecule has 1 aromatic heterocycles. The number of hydrogen-bond donors (Lipinski definition) is 2. The van der Waals surface area contributed by atoms with Crippen molar-refractivity contribution >= 4 is 22.4 Å². The van der Waals surface area contributed by atoms with Gasteiger partial charge < -0.3 is 0 Å². The molecule has 0 aliphatic rings. The van der Waals surface area contributed by atoms with Gasteiger partial charge in [-0.1, -0.05) is 49.7 Å². The van der Waals surface area contributed by atoms with Crippen LogP contribution in [0.25, 0.3) is 10.8 Å². The number of fused-ring (bicyclic) bond motifs is 1. The van der Waals surface area contributed by atoms with Crippen molar-refractivity contribution in [1.29, 1.82) is 0 Å².